The highest BCUT2D eigenvalue weighted by molar-refractivity contribution is 6.22. The number of hydrogen-bond donors (Lipinski definition) is 0. The zero-order chi connectivity index (χ0) is 28.6. The zero-order valence-corrected chi connectivity index (χ0v) is 19.4. The Labute approximate surface area is 208 Å². The van der Waals surface area contributed by atoms with Gasteiger partial charge in [-0.05, 0) is 72.2 Å². The van der Waals surface area contributed by atoms with Gasteiger partial charge >= 0.3 is 0 Å². The van der Waals surface area contributed by atoms with E-state index in [1.165, 1.54) is 0 Å². The highest BCUT2D eigenvalue weighted by Gasteiger charge is 2.24. The summed E-state index contributed by atoms with van der Waals surface area (Å²) in [5.41, 5.74) is 6.19. The molecule has 166 valence electrons. The van der Waals surface area contributed by atoms with Gasteiger partial charge < -0.3 is 4.42 Å². The number of rotatable bonds is 2. The van der Waals surface area contributed by atoms with Crippen LogP contribution in [0.3, 0.4) is 0 Å². The number of furan rings is 1. The first-order valence-corrected chi connectivity index (χ1v) is 11.3. The van der Waals surface area contributed by atoms with Gasteiger partial charge in [0.1, 0.15) is 18.2 Å². The lowest BCUT2D eigenvalue weighted by Crippen LogP contribution is -2.31. The average molecular weight is 449 g/mol. The van der Waals surface area contributed by atoms with Crippen LogP contribution >= 0.6 is 0 Å². The summed E-state index contributed by atoms with van der Waals surface area (Å²) in [6, 6.07) is 23.0. The monoisotopic (exact) mass is 448 g/mol. The molecule has 34 heavy (non-hydrogen) atoms. The van der Waals surface area contributed by atoms with Gasteiger partial charge in [-0.25, -0.2) is 4.57 Å². The minimum atomic E-state index is -2.37. The van der Waals surface area contributed by atoms with Crippen molar-refractivity contribution < 1.29 is 17.2 Å². The maximum Gasteiger partial charge on any atom is 0.216 e. The van der Waals surface area contributed by atoms with Crippen LogP contribution in [0.25, 0.3) is 55.1 Å². The first-order chi connectivity index (χ1) is 18.9. The molecule has 0 aliphatic rings. The number of fused-ring (bicyclic) bond motifs is 5. The van der Waals surface area contributed by atoms with Gasteiger partial charge in [-0.15, -0.1) is 0 Å². The standard InChI is InChI=1S/C32H28NO/c1-19-16-28-31(25-14-10-9-13-24(19)25)30-21(3)15-20(2)29(32(30)34-28)27-17-26(22(4)18-33(27)5)23-11-7-6-8-12-23/h6-18H,1-5H3/q+1/i3D3,4D3. The van der Waals surface area contributed by atoms with E-state index in [0.717, 1.165) is 44.1 Å². The molecule has 0 amide bonds. The van der Waals surface area contributed by atoms with E-state index in [-0.39, 0.29) is 11.1 Å². The molecule has 2 heterocycles. The third kappa shape index (κ3) is 2.99. The van der Waals surface area contributed by atoms with Crippen LogP contribution in [0.1, 0.15) is 30.5 Å². The van der Waals surface area contributed by atoms with Crippen molar-refractivity contribution in [2.45, 2.75) is 27.6 Å². The number of nitrogens with zero attached hydrogens (tertiary/aromatic N) is 1. The van der Waals surface area contributed by atoms with Gasteiger partial charge in [-0.3, -0.25) is 0 Å². The lowest BCUT2D eigenvalue weighted by Gasteiger charge is -2.11. The largest absolute Gasteiger partial charge is 0.455 e. The normalized spacial score (nSPS) is 15.0. The third-order valence-corrected chi connectivity index (χ3v) is 6.77. The van der Waals surface area contributed by atoms with E-state index in [9.17, 15) is 0 Å². The van der Waals surface area contributed by atoms with Crippen LogP contribution in [-0.4, -0.2) is 0 Å². The number of aryl methyl sites for hydroxylation is 5. The maximum atomic E-state index is 8.40. The molecule has 0 N–H and O–H groups in total. The average Bonchev–Trinajstić information content (AvgIpc) is 3.27. The summed E-state index contributed by atoms with van der Waals surface area (Å²) < 4.78 is 58.2. The molecule has 2 heteroatoms. The molecule has 0 spiro atoms. The molecule has 4 aromatic carbocycles. The minimum absolute atomic E-state index is 0.238. The van der Waals surface area contributed by atoms with E-state index in [1.54, 1.807) is 16.8 Å². The Morgan fingerprint density at radius 3 is 2.24 bits per heavy atom. The second kappa shape index (κ2) is 7.56. The predicted octanol–water partition coefficient (Wildman–Crippen LogP) is 8.13. The van der Waals surface area contributed by atoms with Gasteiger partial charge in [0.25, 0.3) is 0 Å². The van der Waals surface area contributed by atoms with Gasteiger partial charge in [0, 0.05) is 30.6 Å². The highest BCUT2D eigenvalue weighted by atomic mass is 16.3. The molecule has 0 unspecified atom stereocenters. The van der Waals surface area contributed by atoms with Crippen molar-refractivity contribution in [1.82, 2.24) is 0 Å². The van der Waals surface area contributed by atoms with Crippen LogP contribution in [0, 0.1) is 27.6 Å². The fraction of sp³-hybridized carbons (Fsp3) is 0.156. The molecule has 2 nitrogen and oxygen atoms in total. The van der Waals surface area contributed by atoms with Crippen molar-refractivity contribution in [3.8, 4) is 22.4 Å². The Hall–Kier alpha value is -3.91. The van der Waals surface area contributed by atoms with Crippen LogP contribution in [-0.2, 0) is 7.05 Å². The Bertz CT molecular complexity index is 1950. The molecule has 6 aromatic rings. The van der Waals surface area contributed by atoms with E-state index in [2.05, 4.69) is 0 Å². The van der Waals surface area contributed by atoms with Crippen LogP contribution in [0.4, 0.5) is 0 Å². The first-order valence-electron chi connectivity index (χ1n) is 14.3. The first kappa shape index (κ1) is 15.1. The van der Waals surface area contributed by atoms with Gasteiger partial charge in [0.15, 0.2) is 6.20 Å². The van der Waals surface area contributed by atoms with E-state index in [4.69, 9.17) is 12.6 Å². The SMILES string of the molecule is [2H]C([2H])([2H])c1c[n+](C)c(-c2c(C)cc(C([2H])([2H])[2H])c3c2oc2cc(C)c4ccccc4c23)cc1-c1ccccc1. The Kier molecular flexibility index (Phi) is 3.35. The van der Waals surface area contributed by atoms with E-state index >= 15 is 0 Å². The maximum absolute atomic E-state index is 8.40. The molecule has 0 saturated heterocycles. The molecule has 0 aliphatic carbocycles. The second-order valence-electron chi connectivity index (χ2n) is 9.00. The summed E-state index contributed by atoms with van der Waals surface area (Å²) in [5.74, 6) is 0. The summed E-state index contributed by atoms with van der Waals surface area (Å²) in [5, 5.41) is 3.31. The number of aromatic nitrogens is 1. The van der Waals surface area contributed by atoms with Crippen molar-refractivity contribution >= 4 is 32.7 Å². The Morgan fingerprint density at radius 2 is 1.47 bits per heavy atom. The zero-order valence-electron chi connectivity index (χ0n) is 25.4. The van der Waals surface area contributed by atoms with Crippen molar-refractivity contribution in [3.05, 3.63) is 101 Å². The number of benzene rings is 4. The Balaban J connectivity index is 1.79. The van der Waals surface area contributed by atoms with Crippen molar-refractivity contribution in [1.29, 1.82) is 0 Å². The lowest BCUT2D eigenvalue weighted by molar-refractivity contribution is -0.660. The highest BCUT2D eigenvalue weighted by Crippen LogP contribution is 2.43. The molecular weight excluding hydrogens is 414 g/mol. The number of pyridine rings is 1. The quantitative estimate of drug-likeness (QED) is 0.244. The molecule has 2 aromatic heterocycles. The minimum Gasteiger partial charge on any atom is -0.455 e. The predicted molar refractivity (Wildman–Crippen MR) is 142 cm³/mol. The van der Waals surface area contributed by atoms with Gasteiger partial charge in [-0.1, -0.05) is 60.7 Å². The molecule has 0 atom stereocenters. The molecule has 0 fully saturated rings. The van der Waals surface area contributed by atoms with E-state index < -0.39 is 13.7 Å². The summed E-state index contributed by atoms with van der Waals surface area (Å²) in [4.78, 5) is 0. The van der Waals surface area contributed by atoms with E-state index in [1.807, 2.05) is 87.6 Å². The molecule has 0 saturated carbocycles. The lowest BCUT2D eigenvalue weighted by atomic mass is 9.93. The van der Waals surface area contributed by atoms with Gasteiger partial charge in [0.05, 0.1) is 5.56 Å². The van der Waals surface area contributed by atoms with Crippen molar-refractivity contribution in [2.75, 3.05) is 0 Å². The molecule has 6 rings (SSSR count). The summed E-state index contributed by atoms with van der Waals surface area (Å²) in [6.45, 7) is -0.800. The Morgan fingerprint density at radius 1 is 0.735 bits per heavy atom. The van der Waals surface area contributed by atoms with E-state index in [0.29, 0.717) is 22.1 Å². The van der Waals surface area contributed by atoms with Crippen LogP contribution in [0.5, 0.6) is 0 Å². The van der Waals surface area contributed by atoms with Crippen LogP contribution in [0.15, 0.2) is 83.4 Å². The summed E-state index contributed by atoms with van der Waals surface area (Å²) in [7, 11) is 1.81. The van der Waals surface area contributed by atoms with Crippen LogP contribution in [0.2, 0.25) is 0 Å². The molecule has 0 radical (unpaired) electrons. The topological polar surface area (TPSA) is 17.0 Å². The van der Waals surface area contributed by atoms with Gasteiger partial charge in [0.2, 0.25) is 5.69 Å². The molecule has 0 bridgehead atoms. The van der Waals surface area contributed by atoms with Crippen molar-refractivity contribution in [2.24, 2.45) is 7.05 Å². The van der Waals surface area contributed by atoms with Gasteiger partial charge in [-0.2, -0.15) is 0 Å². The smallest absolute Gasteiger partial charge is 0.216 e. The van der Waals surface area contributed by atoms with Crippen molar-refractivity contribution in [3.63, 3.8) is 0 Å². The molecular formula is C32H28NO+. The summed E-state index contributed by atoms with van der Waals surface area (Å²) in [6.07, 6.45) is 1.65. The van der Waals surface area contributed by atoms with Crippen LogP contribution < -0.4 is 4.57 Å². The summed E-state index contributed by atoms with van der Waals surface area (Å²) >= 11 is 0. The molecule has 0 aliphatic heterocycles. The fourth-order valence-electron chi connectivity index (χ4n) is 5.18. The third-order valence-electron chi connectivity index (χ3n) is 6.77. The fourth-order valence-corrected chi connectivity index (χ4v) is 5.18. The second-order valence-corrected chi connectivity index (χ2v) is 9.00. The number of hydrogen-bond acceptors (Lipinski definition) is 1.